The zero-order valence-electron chi connectivity index (χ0n) is 15.4. The van der Waals surface area contributed by atoms with Crippen LogP contribution in [-0.2, 0) is 0 Å². The molecule has 0 aliphatic heterocycles. The molecule has 0 aliphatic rings. The molecule has 0 radical (unpaired) electrons. The van der Waals surface area contributed by atoms with Crippen molar-refractivity contribution in [3.8, 4) is 22.6 Å². The van der Waals surface area contributed by atoms with Crippen molar-refractivity contribution in [2.45, 2.75) is 0 Å². The van der Waals surface area contributed by atoms with Gasteiger partial charge in [-0.2, -0.15) is 15.3 Å². The molecule has 2 aromatic carbocycles. The van der Waals surface area contributed by atoms with E-state index >= 15 is 0 Å². The monoisotopic (exact) mass is 375 g/mol. The van der Waals surface area contributed by atoms with E-state index in [9.17, 15) is 10.0 Å². The number of hydrogen-bond acceptors (Lipinski definition) is 7. The summed E-state index contributed by atoms with van der Waals surface area (Å²) in [7, 11) is 1.84. The van der Waals surface area contributed by atoms with Crippen LogP contribution in [0.5, 0.6) is 5.75 Å². The molecule has 28 heavy (non-hydrogen) atoms. The van der Waals surface area contributed by atoms with Crippen molar-refractivity contribution in [2.24, 2.45) is 0 Å². The molecule has 0 atom stereocenters. The number of hydrogen-bond donors (Lipinski definition) is 3. The molecule has 9 heteroatoms. The summed E-state index contributed by atoms with van der Waals surface area (Å²) in [5, 5.41) is 35.9. The maximum Gasteiger partial charge on any atom is 0.488 e. The van der Waals surface area contributed by atoms with E-state index in [0.717, 1.165) is 33.4 Å². The van der Waals surface area contributed by atoms with Crippen LogP contribution in [0.25, 0.3) is 27.7 Å². The first-order chi connectivity index (χ1) is 13.6. The third kappa shape index (κ3) is 3.17. The second kappa shape index (κ2) is 7.30. The van der Waals surface area contributed by atoms with Gasteiger partial charge in [-0.15, -0.1) is 0 Å². The van der Waals surface area contributed by atoms with Crippen LogP contribution in [0.2, 0.25) is 0 Å². The third-order valence-corrected chi connectivity index (χ3v) is 4.58. The Morgan fingerprint density at radius 2 is 1.96 bits per heavy atom. The van der Waals surface area contributed by atoms with Crippen molar-refractivity contribution in [3.63, 3.8) is 0 Å². The van der Waals surface area contributed by atoms with Gasteiger partial charge in [-0.3, -0.25) is 0 Å². The quantitative estimate of drug-likeness (QED) is 0.451. The molecule has 0 bridgehead atoms. The van der Waals surface area contributed by atoms with Crippen LogP contribution < -0.4 is 15.5 Å². The van der Waals surface area contributed by atoms with Crippen LogP contribution >= 0.6 is 0 Å². The molecular formula is C19H18BN5O3. The Morgan fingerprint density at radius 1 is 1.11 bits per heavy atom. The van der Waals surface area contributed by atoms with Crippen molar-refractivity contribution in [1.82, 2.24) is 20.0 Å². The highest BCUT2D eigenvalue weighted by molar-refractivity contribution is 6.58. The highest BCUT2D eigenvalue weighted by atomic mass is 16.5. The number of nitrogens with zero attached hydrogens (tertiary/aromatic N) is 4. The largest absolute Gasteiger partial charge is 0.493 e. The highest BCUT2D eigenvalue weighted by Crippen LogP contribution is 2.30. The first-order valence-corrected chi connectivity index (χ1v) is 8.63. The van der Waals surface area contributed by atoms with Crippen molar-refractivity contribution >= 4 is 29.2 Å². The van der Waals surface area contributed by atoms with E-state index < -0.39 is 7.12 Å². The summed E-state index contributed by atoms with van der Waals surface area (Å²) in [4.78, 5) is 0. The lowest BCUT2D eigenvalue weighted by Crippen LogP contribution is -2.30. The van der Waals surface area contributed by atoms with Gasteiger partial charge in [0.2, 0.25) is 0 Å². The van der Waals surface area contributed by atoms with Gasteiger partial charge in [-0.05, 0) is 29.2 Å². The number of fused-ring (bicyclic) bond motifs is 1. The van der Waals surface area contributed by atoms with E-state index in [-0.39, 0.29) is 0 Å². The highest BCUT2D eigenvalue weighted by Gasteiger charge is 2.17. The van der Waals surface area contributed by atoms with Crippen LogP contribution in [0.3, 0.4) is 0 Å². The molecule has 0 unspecified atom stereocenters. The van der Waals surface area contributed by atoms with Gasteiger partial charge < -0.3 is 20.1 Å². The Labute approximate surface area is 161 Å². The minimum Gasteiger partial charge on any atom is -0.493 e. The molecule has 2 heterocycles. The van der Waals surface area contributed by atoms with Gasteiger partial charge in [-0.1, -0.05) is 18.2 Å². The van der Waals surface area contributed by atoms with Crippen LogP contribution in [0.4, 0.5) is 5.69 Å². The smallest absolute Gasteiger partial charge is 0.488 e. The zero-order valence-corrected chi connectivity index (χ0v) is 15.4. The number of benzene rings is 2. The fraction of sp³-hybridized carbons (Fsp3) is 0.105. The summed E-state index contributed by atoms with van der Waals surface area (Å²) in [5.41, 5.74) is 4.38. The second-order valence-corrected chi connectivity index (χ2v) is 6.22. The van der Waals surface area contributed by atoms with Gasteiger partial charge in [0.1, 0.15) is 0 Å². The molecule has 4 rings (SSSR count). The minimum atomic E-state index is -1.57. The van der Waals surface area contributed by atoms with Crippen molar-refractivity contribution in [2.75, 3.05) is 19.5 Å². The average Bonchev–Trinajstić information content (AvgIpc) is 3.21. The maximum absolute atomic E-state index is 9.62. The van der Waals surface area contributed by atoms with Gasteiger partial charge in [0.15, 0.2) is 5.75 Å². The first kappa shape index (κ1) is 18.0. The van der Waals surface area contributed by atoms with Crippen LogP contribution in [0, 0.1) is 0 Å². The Bertz CT molecular complexity index is 1150. The summed E-state index contributed by atoms with van der Waals surface area (Å²) in [6, 6.07) is 11.0. The zero-order chi connectivity index (χ0) is 19.7. The van der Waals surface area contributed by atoms with Crippen LogP contribution in [0.15, 0.2) is 55.0 Å². The molecule has 3 N–H and O–H groups in total. The molecule has 140 valence electrons. The Kier molecular flexibility index (Phi) is 4.68. The molecule has 0 aliphatic carbocycles. The Hall–Kier alpha value is -3.43. The number of rotatable bonds is 5. The third-order valence-electron chi connectivity index (χ3n) is 4.58. The van der Waals surface area contributed by atoms with Crippen molar-refractivity contribution < 1.29 is 14.8 Å². The maximum atomic E-state index is 9.62. The molecule has 4 aromatic rings. The lowest BCUT2D eigenvalue weighted by atomic mass is 9.78. The number of aromatic nitrogens is 4. The van der Waals surface area contributed by atoms with Crippen molar-refractivity contribution in [3.05, 3.63) is 55.0 Å². The molecule has 0 spiro atoms. The molecule has 0 fully saturated rings. The predicted molar refractivity (Wildman–Crippen MR) is 108 cm³/mol. The van der Waals surface area contributed by atoms with Gasteiger partial charge in [0.05, 0.1) is 42.6 Å². The van der Waals surface area contributed by atoms with E-state index in [1.165, 1.54) is 0 Å². The number of nitrogens with one attached hydrogen (secondary N) is 1. The Balaban J connectivity index is 1.91. The number of methoxy groups -OCH3 is 1. The summed E-state index contributed by atoms with van der Waals surface area (Å²) >= 11 is 0. The van der Waals surface area contributed by atoms with E-state index in [2.05, 4.69) is 20.6 Å². The average molecular weight is 375 g/mol. The van der Waals surface area contributed by atoms with Gasteiger partial charge in [0, 0.05) is 18.0 Å². The molecule has 0 saturated heterocycles. The molecule has 0 amide bonds. The van der Waals surface area contributed by atoms with Crippen LogP contribution in [-0.4, -0.2) is 51.3 Å². The van der Waals surface area contributed by atoms with E-state index in [1.54, 1.807) is 48.6 Å². The molecule has 0 saturated carbocycles. The van der Waals surface area contributed by atoms with Crippen LogP contribution in [0.1, 0.15) is 0 Å². The fourth-order valence-electron chi connectivity index (χ4n) is 3.12. The topological polar surface area (TPSA) is 105 Å². The SMILES string of the molecule is CNc1cnnc2cc(-c3cc(B(O)O)ccc3-n3cc(OC)cn3)ccc12. The lowest BCUT2D eigenvalue weighted by Gasteiger charge is -2.13. The summed E-state index contributed by atoms with van der Waals surface area (Å²) < 4.78 is 6.90. The van der Waals surface area contributed by atoms with Crippen molar-refractivity contribution in [1.29, 1.82) is 0 Å². The summed E-state index contributed by atoms with van der Waals surface area (Å²) in [6.45, 7) is 0. The standard InChI is InChI=1S/C19H18BN5O3/c1-21-18-10-22-24-17-7-12(3-5-15(17)18)16-8-13(20(26)27)4-6-19(16)25-11-14(28-2)9-23-25/h3-11,26-27H,1-2H3,(H,21,24). The normalized spacial score (nSPS) is 10.9. The van der Waals surface area contributed by atoms with Gasteiger partial charge in [-0.25, -0.2) is 4.68 Å². The summed E-state index contributed by atoms with van der Waals surface area (Å²) in [5.74, 6) is 0.625. The summed E-state index contributed by atoms with van der Waals surface area (Å²) in [6.07, 6.45) is 5.05. The fourth-order valence-corrected chi connectivity index (χ4v) is 3.12. The lowest BCUT2D eigenvalue weighted by molar-refractivity contribution is 0.414. The number of ether oxygens (including phenoxy) is 1. The predicted octanol–water partition coefficient (Wildman–Crippen LogP) is 1.21. The second-order valence-electron chi connectivity index (χ2n) is 6.22. The van der Waals surface area contributed by atoms with Gasteiger partial charge >= 0.3 is 7.12 Å². The molecular weight excluding hydrogens is 357 g/mol. The van der Waals surface area contributed by atoms with E-state index in [0.29, 0.717) is 11.2 Å². The van der Waals surface area contributed by atoms with Gasteiger partial charge in [0.25, 0.3) is 0 Å². The van der Waals surface area contributed by atoms with E-state index in [1.807, 2.05) is 25.2 Å². The molecule has 2 aromatic heterocycles. The molecule has 8 nitrogen and oxygen atoms in total. The van der Waals surface area contributed by atoms with E-state index in [4.69, 9.17) is 4.74 Å². The number of anilines is 1. The minimum absolute atomic E-state index is 0.382. The Morgan fingerprint density at radius 3 is 2.68 bits per heavy atom. The first-order valence-electron chi connectivity index (χ1n) is 8.63.